The van der Waals surface area contributed by atoms with Crippen LogP contribution in [0.3, 0.4) is 0 Å². The number of nitrogens with one attached hydrogen (secondary N) is 2. The zero-order chi connectivity index (χ0) is 11.3. The van der Waals surface area contributed by atoms with E-state index >= 15 is 0 Å². The summed E-state index contributed by atoms with van der Waals surface area (Å²) in [6, 6.07) is 2.27. The largest absolute Gasteiger partial charge is 0.394 e. The summed E-state index contributed by atoms with van der Waals surface area (Å²) in [5, 5.41) is 17.2. The minimum absolute atomic E-state index is 0.119. The third kappa shape index (κ3) is 3.17. The molecule has 3 N–H and O–H groups in total. The number of H-pyrrole nitrogens is 1. The molecule has 0 aliphatic carbocycles. The van der Waals surface area contributed by atoms with Crippen LogP contribution < -0.4 is 10.9 Å². The van der Waals surface area contributed by atoms with E-state index in [1.807, 2.05) is 6.92 Å². The number of amides is 1. The lowest BCUT2D eigenvalue weighted by atomic mass is 10.2. The van der Waals surface area contributed by atoms with Crippen LogP contribution in [0.5, 0.6) is 0 Å². The molecule has 1 aromatic heterocycles. The van der Waals surface area contributed by atoms with E-state index in [1.165, 1.54) is 12.1 Å². The summed E-state index contributed by atoms with van der Waals surface area (Å²) >= 11 is 0. The Morgan fingerprint density at radius 2 is 2.40 bits per heavy atom. The van der Waals surface area contributed by atoms with Crippen molar-refractivity contribution >= 4 is 5.91 Å². The van der Waals surface area contributed by atoms with Crippen molar-refractivity contribution in [2.45, 2.75) is 19.4 Å². The fourth-order valence-corrected chi connectivity index (χ4v) is 1.01. The Kier molecular flexibility index (Phi) is 3.99. The number of carbonyl (C=O) groups excluding carboxylic acids is 1. The number of aliphatic hydroxyl groups is 1. The molecule has 1 heterocycles. The second-order valence-corrected chi connectivity index (χ2v) is 3.07. The summed E-state index contributed by atoms with van der Waals surface area (Å²) in [6.45, 7) is 1.73. The molecule has 0 bridgehead atoms. The van der Waals surface area contributed by atoms with E-state index < -0.39 is 5.91 Å². The molecule has 0 aliphatic rings. The number of aromatic nitrogens is 2. The predicted molar refractivity (Wildman–Crippen MR) is 53.5 cm³/mol. The zero-order valence-electron chi connectivity index (χ0n) is 8.36. The summed E-state index contributed by atoms with van der Waals surface area (Å²) < 4.78 is 0. The highest BCUT2D eigenvalue weighted by Gasteiger charge is 2.12. The molecular weight excluding hydrogens is 198 g/mol. The van der Waals surface area contributed by atoms with E-state index in [0.717, 1.165) is 0 Å². The Hall–Kier alpha value is -1.69. The molecule has 82 valence electrons. The van der Waals surface area contributed by atoms with E-state index in [1.54, 1.807) is 0 Å². The van der Waals surface area contributed by atoms with Crippen molar-refractivity contribution in [1.82, 2.24) is 15.5 Å². The van der Waals surface area contributed by atoms with Gasteiger partial charge in [-0.25, -0.2) is 5.10 Å². The van der Waals surface area contributed by atoms with Gasteiger partial charge in [0, 0.05) is 6.07 Å². The smallest absolute Gasteiger partial charge is 0.272 e. The van der Waals surface area contributed by atoms with Gasteiger partial charge in [-0.1, -0.05) is 6.92 Å². The van der Waals surface area contributed by atoms with Crippen LogP contribution in [-0.4, -0.2) is 33.9 Å². The van der Waals surface area contributed by atoms with Gasteiger partial charge in [0.15, 0.2) is 0 Å². The normalized spacial score (nSPS) is 12.1. The van der Waals surface area contributed by atoms with Crippen LogP contribution in [0, 0.1) is 0 Å². The number of nitrogens with zero attached hydrogens (tertiary/aromatic N) is 1. The average Bonchev–Trinajstić information content (AvgIpc) is 2.26. The lowest BCUT2D eigenvalue weighted by Crippen LogP contribution is -2.37. The van der Waals surface area contributed by atoms with Crippen LogP contribution in [0.25, 0.3) is 0 Å². The van der Waals surface area contributed by atoms with Crippen LogP contribution >= 0.6 is 0 Å². The topological polar surface area (TPSA) is 95.1 Å². The average molecular weight is 211 g/mol. The van der Waals surface area contributed by atoms with Gasteiger partial charge in [0.05, 0.1) is 12.6 Å². The summed E-state index contributed by atoms with van der Waals surface area (Å²) in [6.07, 6.45) is 0.631. The number of hydrogen-bond acceptors (Lipinski definition) is 4. The van der Waals surface area contributed by atoms with E-state index in [9.17, 15) is 9.59 Å². The Labute approximate surface area is 86.3 Å². The van der Waals surface area contributed by atoms with Crippen molar-refractivity contribution < 1.29 is 9.90 Å². The number of carbonyl (C=O) groups is 1. The van der Waals surface area contributed by atoms with E-state index in [-0.39, 0.29) is 23.9 Å². The van der Waals surface area contributed by atoms with Crippen molar-refractivity contribution in [3.63, 3.8) is 0 Å². The van der Waals surface area contributed by atoms with Crippen molar-refractivity contribution in [1.29, 1.82) is 0 Å². The number of hydrogen-bond donors (Lipinski definition) is 3. The molecule has 0 aromatic carbocycles. The molecule has 6 nitrogen and oxygen atoms in total. The zero-order valence-corrected chi connectivity index (χ0v) is 8.36. The molecule has 0 saturated heterocycles. The molecule has 15 heavy (non-hydrogen) atoms. The van der Waals surface area contributed by atoms with Gasteiger partial charge in [-0.2, -0.15) is 5.10 Å². The first-order valence-corrected chi connectivity index (χ1v) is 4.64. The first-order valence-electron chi connectivity index (χ1n) is 4.64. The van der Waals surface area contributed by atoms with Crippen LogP contribution in [0.1, 0.15) is 23.8 Å². The van der Waals surface area contributed by atoms with Crippen molar-refractivity contribution in [2.24, 2.45) is 0 Å². The standard InChI is InChI=1S/C9H13N3O3/c1-2-6(5-13)10-9(15)7-3-4-8(14)12-11-7/h3-4,6,13H,2,5H2,1H3,(H,10,15)(H,12,14)/t6-/m0/s1. The highest BCUT2D eigenvalue weighted by atomic mass is 16.3. The van der Waals surface area contributed by atoms with Crippen molar-refractivity contribution in [3.8, 4) is 0 Å². The fourth-order valence-electron chi connectivity index (χ4n) is 1.01. The Bertz CT molecular complexity index is 364. The van der Waals surface area contributed by atoms with Gasteiger partial charge in [0.2, 0.25) is 0 Å². The maximum atomic E-state index is 11.5. The molecule has 0 radical (unpaired) electrons. The van der Waals surface area contributed by atoms with Crippen LogP contribution in [0.15, 0.2) is 16.9 Å². The minimum Gasteiger partial charge on any atom is -0.394 e. The summed E-state index contributed by atoms with van der Waals surface area (Å²) in [7, 11) is 0. The molecule has 1 atom stereocenters. The molecule has 0 aliphatic heterocycles. The fraction of sp³-hybridized carbons (Fsp3) is 0.444. The molecule has 1 rings (SSSR count). The monoisotopic (exact) mass is 211 g/mol. The molecule has 6 heteroatoms. The maximum absolute atomic E-state index is 11.5. The summed E-state index contributed by atoms with van der Waals surface area (Å²) in [5.74, 6) is -0.410. The quantitative estimate of drug-likeness (QED) is 0.612. The van der Waals surface area contributed by atoms with Gasteiger partial charge in [-0.3, -0.25) is 9.59 Å². The Balaban J connectivity index is 2.68. The van der Waals surface area contributed by atoms with Crippen molar-refractivity contribution in [3.05, 3.63) is 28.2 Å². The van der Waals surface area contributed by atoms with Gasteiger partial charge >= 0.3 is 0 Å². The SMILES string of the molecule is CC[C@@H](CO)NC(=O)c1ccc(=O)[nH]n1. The third-order valence-electron chi connectivity index (χ3n) is 1.96. The first-order chi connectivity index (χ1) is 7.17. The highest BCUT2D eigenvalue weighted by Crippen LogP contribution is 1.93. The summed E-state index contributed by atoms with van der Waals surface area (Å²) in [5.41, 5.74) is -0.234. The molecule has 1 aromatic rings. The molecular formula is C9H13N3O3. The van der Waals surface area contributed by atoms with Gasteiger partial charge in [0.25, 0.3) is 11.5 Å². The second kappa shape index (κ2) is 5.26. The van der Waals surface area contributed by atoms with E-state index in [0.29, 0.717) is 6.42 Å². The first kappa shape index (κ1) is 11.4. The van der Waals surface area contributed by atoms with Gasteiger partial charge < -0.3 is 10.4 Å². The molecule has 0 fully saturated rings. The van der Waals surface area contributed by atoms with Gasteiger partial charge in [-0.15, -0.1) is 0 Å². The molecule has 0 unspecified atom stereocenters. The van der Waals surface area contributed by atoms with Crippen LogP contribution in [-0.2, 0) is 0 Å². The highest BCUT2D eigenvalue weighted by molar-refractivity contribution is 5.92. The molecule has 0 saturated carbocycles. The predicted octanol–water partition coefficient (Wildman–Crippen LogP) is -0.729. The Morgan fingerprint density at radius 1 is 1.67 bits per heavy atom. The number of rotatable bonds is 4. The van der Waals surface area contributed by atoms with Crippen LogP contribution in [0.4, 0.5) is 0 Å². The lowest BCUT2D eigenvalue weighted by Gasteiger charge is -2.12. The third-order valence-corrected chi connectivity index (χ3v) is 1.96. The van der Waals surface area contributed by atoms with E-state index in [4.69, 9.17) is 5.11 Å². The molecule has 1 amide bonds. The second-order valence-electron chi connectivity index (χ2n) is 3.07. The van der Waals surface area contributed by atoms with Crippen molar-refractivity contribution in [2.75, 3.05) is 6.61 Å². The summed E-state index contributed by atoms with van der Waals surface area (Å²) in [4.78, 5) is 22.2. The lowest BCUT2D eigenvalue weighted by molar-refractivity contribution is 0.0908. The van der Waals surface area contributed by atoms with Crippen LogP contribution in [0.2, 0.25) is 0 Å². The maximum Gasteiger partial charge on any atom is 0.272 e. The van der Waals surface area contributed by atoms with Gasteiger partial charge in [0.1, 0.15) is 5.69 Å². The number of aromatic amines is 1. The van der Waals surface area contributed by atoms with Gasteiger partial charge in [-0.05, 0) is 12.5 Å². The Morgan fingerprint density at radius 3 is 2.87 bits per heavy atom. The minimum atomic E-state index is -0.410. The van der Waals surface area contributed by atoms with E-state index in [2.05, 4.69) is 15.5 Å². The molecule has 0 spiro atoms. The number of aliphatic hydroxyl groups excluding tert-OH is 1.